The maximum atomic E-state index is 13.5. The van der Waals surface area contributed by atoms with E-state index in [1.807, 2.05) is 0 Å². The standard InChI is InChI=1S/C23H27NO8S/c1-5-30-21(25)23(22(26)31-6-2)19(16-12-14-18(29-3)15-13-16)32-20(24(23)33(4,27)28)17-10-8-7-9-11-17/h7-15,19-20H,5-6H2,1-4H3/t19-,20+/m0/s1. The summed E-state index contributed by atoms with van der Waals surface area (Å²) in [5.74, 6) is -1.62. The molecule has 0 aliphatic carbocycles. The number of sulfonamides is 1. The molecule has 0 unspecified atom stereocenters. The third-order valence-corrected chi connectivity index (χ3v) is 6.43. The van der Waals surface area contributed by atoms with E-state index in [4.69, 9.17) is 18.9 Å². The number of esters is 2. The highest BCUT2D eigenvalue weighted by atomic mass is 32.2. The third-order valence-electron chi connectivity index (χ3n) is 5.24. The maximum Gasteiger partial charge on any atom is 0.342 e. The number of hydrogen-bond donors (Lipinski definition) is 0. The average Bonchev–Trinajstić information content (AvgIpc) is 3.18. The van der Waals surface area contributed by atoms with Gasteiger partial charge in [-0.1, -0.05) is 42.5 Å². The second-order valence-corrected chi connectivity index (χ2v) is 9.18. The molecule has 1 saturated heterocycles. The van der Waals surface area contributed by atoms with E-state index in [-0.39, 0.29) is 13.2 Å². The van der Waals surface area contributed by atoms with Crippen LogP contribution >= 0.6 is 0 Å². The average molecular weight is 478 g/mol. The highest BCUT2D eigenvalue weighted by Crippen LogP contribution is 2.52. The van der Waals surface area contributed by atoms with Crippen molar-refractivity contribution in [2.75, 3.05) is 26.6 Å². The lowest BCUT2D eigenvalue weighted by Crippen LogP contribution is -2.62. The number of carbonyl (C=O) groups excluding carboxylic acids is 2. The summed E-state index contributed by atoms with van der Waals surface area (Å²) in [5.41, 5.74) is -1.62. The van der Waals surface area contributed by atoms with Crippen LogP contribution in [0.25, 0.3) is 0 Å². The summed E-state index contributed by atoms with van der Waals surface area (Å²) in [6.07, 6.45) is -1.71. The topological polar surface area (TPSA) is 108 Å². The van der Waals surface area contributed by atoms with Crippen LogP contribution in [0, 0.1) is 0 Å². The molecule has 2 aromatic rings. The first kappa shape index (κ1) is 24.7. The van der Waals surface area contributed by atoms with Gasteiger partial charge in [0.2, 0.25) is 10.0 Å². The summed E-state index contributed by atoms with van der Waals surface area (Å²) in [6, 6.07) is 14.9. The predicted octanol–water partition coefficient (Wildman–Crippen LogP) is 2.59. The number of nitrogens with zero attached hydrogens (tertiary/aromatic N) is 1. The molecule has 0 spiro atoms. The van der Waals surface area contributed by atoms with Crippen LogP contribution in [-0.2, 0) is 33.8 Å². The second kappa shape index (κ2) is 9.90. The Morgan fingerprint density at radius 1 is 0.939 bits per heavy atom. The van der Waals surface area contributed by atoms with Crippen molar-refractivity contribution in [1.29, 1.82) is 0 Å². The van der Waals surface area contributed by atoms with E-state index < -0.39 is 39.8 Å². The van der Waals surface area contributed by atoms with Crippen LogP contribution in [0.1, 0.15) is 37.3 Å². The van der Waals surface area contributed by atoms with Gasteiger partial charge in [0, 0.05) is 0 Å². The van der Waals surface area contributed by atoms with Gasteiger partial charge in [0.25, 0.3) is 5.54 Å². The van der Waals surface area contributed by atoms with Gasteiger partial charge in [0.15, 0.2) is 6.23 Å². The first-order valence-corrected chi connectivity index (χ1v) is 12.2. The van der Waals surface area contributed by atoms with Crippen molar-refractivity contribution in [3.63, 3.8) is 0 Å². The number of ether oxygens (including phenoxy) is 4. The van der Waals surface area contributed by atoms with E-state index in [2.05, 4.69) is 0 Å². The molecule has 10 heteroatoms. The fourth-order valence-electron chi connectivity index (χ4n) is 3.91. The van der Waals surface area contributed by atoms with Gasteiger partial charge >= 0.3 is 11.9 Å². The van der Waals surface area contributed by atoms with Crippen molar-refractivity contribution < 1.29 is 37.0 Å². The summed E-state index contributed by atoms with van der Waals surface area (Å²) in [7, 11) is -2.71. The van der Waals surface area contributed by atoms with E-state index in [0.717, 1.165) is 10.6 Å². The molecule has 0 N–H and O–H groups in total. The van der Waals surface area contributed by atoms with Gasteiger partial charge < -0.3 is 18.9 Å². The first-order chi connectivity index (χ1) is 15.7. The minimum Gasteiger partial charge on any atom is -0.497 e. The molecule has 0 aromatic heterocycles. The highest BCUT2D eigenvalue weighted by molar-refractivity contribution is 7.88. The van der Waals surface area contributed by atoms with Crippen molar-refractivity contribution in [1.82, 2.24) is 4.31 Å². The number of benzene rings is 2. The molecule has 9 nitrogen and oxygen atoms in total. The lowest BCUT2D eigenvalue weighted by atomic mass is 9.87. The molecule has 1 heterocycles. The van der Waals surface area contributed by atoms with Crippen molar-refractivity contribution in [3.8, 4) is 5.75 Å². The molecule has 2 aromatic carbocycles. The lowest BCUT2D eigenvalue weighted by Gasteiger charge is -2.35. The molecule has 0 radical (unpaired) electrons. The zero-order valence-electron chi connectivity index (χ0n) is 18.9. The van der Waals surface area contributed by atoms with E-state index >= 15 is 0 Å². The number of carbonyl (C=O) groups is 2. The van der Waals surface area contributed by atoms with Gasteiger partial charge in [-0.2, -0.15) is 0 Å². The molecular formula is C23H27NO8S. The molecule has 0 saturated carbocycles. The normalized spacial score (nSPS) is 20.2. The van der Waals surface area contributed by atoms with Crippen molar-refractivity contribution in [2.45, 2.75) is 31.7 Å². The molecular weight excluding hydrogens is 450 g/mol. The van der Waals surface area contributed by atoms with Gasteiger partial charge in [-0.05, 0) is 37.1 Å². The molecule has 1 aliphatic rings. The summed E-state index contributed by atoms with van der Waals surface area (Å²) in [6.45, 7) is 2.97. The Balaban J connectivity index is 2.34. The number of hydrogen-bond acceptors (Lipinski definition) is 8. The quantitative estimate of drug-likeness (QED) is 0.422. The Labute approximate surface area is 193 Å². The van der Waals surface area contributed by atoms with E-state index in [0.29, 0.717) is 16.9 Å². The molecule has 0 amide bonds. The van der Waals surface area contributed by atoms with Crippen LogP contribution in [0.3, 0.4) is 0 Å². The first-order valence-electron chi connectivity index (χ1n) is 10.4. The summed E-state index contributed by atoms with van der Waals surface area (Å²) in [5, 5.41) is 0. The highest BCUT2D eigenvalue weighted by Gasteiger charge is 2.70. The molecule has 1 fully saturated rings. The Bertz CT molecular complexity index is 1070. The van der Waals surface area contributed by atoms with Gasteiger partial charge in [-0.3, -0.25) is 0 Å². The summed E-state index contributed by atoms with van der Waals surface area (Å²) >= 11 is 0. The minimum absolute atomic E-state index is 0.0804. The van der Waals surface area contributed by atoms with Crippen LogP contribution in [-0.4, -0.2) is 56.8 Å². The molecule has 178 valence electrons. The molecule has 1 aliphatic heterocycles. The lowest BCUT2D eigenvalue weighted by molar-refractivity contribution is -0.172. The van der Waals surface area contributed by atoms with Crippen molar-refractivity contribution >= 4 is 22.0 Å². The smallest absolute Gasteiger partial charge is 0.342 e. The van der Waals surface area contributed by atoms with Gasteiger partial charge in [-0.25, -0.2) is 18.0 Å². The van der Waals surface area contributed by atoms with E-state index in [1.165, 1.54) is 7.11 Å². The van der Waals surface area contributed by atoms with Crippen LogP contribution in [0.4, 0.5) is 0 Å². The Hall–Kier alpha value is -2.95. The fourth-order valence-corrected chi connectivity index (χ4v) is 5.20. The van der Waals surface area contributed by atoms with Crippen LogP contribution < -0.4 is 4.74 Å². The zero-order valence-corrected chi connectivity index (χ0v) is 19.7. The predicted molar refractivity (Wildman–Crippen MR) is 119 cm³/mol. The Morgan fingerprint density at radius 3 is 1.94 bits per heavy atom. The van der Waals surface area contributed by atoms with E-state index in [1.54, 1.807) is 68.4 Å². The van der Waals surface area contributed by atoms with Crippen molar-refractivity contribution in [3.05, 3.63) is 65.7 Å². The SMILES string of the molecule is CCOC(=O)C1(C(=O)OCC)[C@H](c2ccc(OC)cc2)O[C@H](c2ccccc2)N1S(C)(=O)=O. The minimum atomic E-state index is -4.21. The molecule has 0 bridgehead atoms. The zero-order chi connectivity index (χ0) is 24.2. The van der Waals surface area contributed by atoms with Crippen LogP contribution in [0.5, 0.6) is 5.75 Å². The Morgan fingerprint density at radius 2 is 1.48 bits per heavy atom. The van der Waals surface area contributed by atoms with E-state index in [9.17, 15) is 18.0 Å². The maximum absolute atomic E-state index is 13.5. The fraction of sp³-hybridized carbons (Fsp3) is 0.391. The monoisotopic (exact) mass is 477 g/mol. The second-order valence-electron chi connectivity index (χ2n) is 7.32. The Kier molecular flexibility index (Phi) is 7.41. The third kappa shape index (κ3) is 4.46. The van der Waals surface area contributed by atoms with Gasteiger partial charge in [-0.15, -0.1) is 4.31 Å². The van der Waals surface area contributed by atoms with Gasteiger partial charge in [0.05, 0.1) is 26.6 Å². The molecule has 3 rings (SSSR count). The molecule has 33 heavy (non-hydrogen) atoms. The number of rotatable bonds is 8. The summed E-state index contributed by atoms with van der Waals surface area (Å²) < 4.78 is 48.9. The van der Waals surface area contributed by atoms with Crippen LogP contribution in [0.2, 0.25) is 0 Å². The number of methoxy groups -OCH3 is 1. The largest absolute Gasteiger partial charge is 0.497 e. The summed E-state index contributed by atoms with van der Waals surface area (Å²) in [4.78, 5) is 27.0. The van der Waals surface area contributed by atoms with Gasteiger partial charge in [0.1, 0.15) is 11.9 Å². The van der Waals surface area contributed by atoms with Crippen molar-refractivity contribution in [2.24, 2.45) is 0 Å². The van der Waals surface area contributed by atoms with Crippen LogP contribution in [0.15, 0.2) is 54.6 Å². The molecule has 2 atom stereocenters.